The van der Waals surface area contributed by atoms with Crippen LogP contribution in [0.3, 0.4) is 0 Å². The average molecular weight is 306 g/mol. The van der Waals surface area contributed by atoms with Crippen LogP contribution in [0, 0.1) is 0 Å². The van der Waals surface area contributed by atoms with E-state index in [-0.39, 0.29) is 6.61 Å². The fourth-order valence-electron chi connectivity index (χ4n) is 2.16. The van der Waals surface area contributed by atoms with E-state index in [1.807, 2.05) is 30.3 Å². The van der Waals surface area contributed by atoms with E-state index in [1.165, 1.54) is 0 Å². The molecule has 0 fully saturated rings. The molecule has 4 nitrogen and oxygen atoms in total. The number of rotatable bonds is 7. The van der Waals surface area contributed by atoms with Gasteiger partial charge in [-0.25, -0.2) is 4.98 Å². The summed E-state index contributed by atoms with van der Waals surface area (Å²) in [6.45, 7) is 5.74. The molecule has 2 aromatic rings. The molecule has 0 aliphatic heterocycles. The van der Waals surface area contributed by atoms with Gasteiger partial charge in [0.25, 0.3) is 0 Å². The zero-order chi connectivity index (χ0) is 15.2. The van der Waals surface area contributed by atoms with Crippen molar-refractivity contribution in [1.82, 2.24) is 4.98 Å². The molecule has 1 aromatic carbocycles. The molecular weight excluding hydrogens is 284 g/mol. The van der Waals surface area contributed by atoms with Gasteiger partial charge in [-0.1, -0.05) is 41.7 Å². The molecule has 0 radical (unpaired) electrons. The van der Waals surface area contributed by atoms with Crippen LogP contribution in [0.1, 0.15) is 18.7 Å². The average Bonchev–Trinajstić information content (AvgIpc) is 2.92. The van der Waals surface area contributed by atoms with E-state index in [1.54, 1.807) is 18.4 Å². The van der Waals surface area contributed by atoms with Crippen molar-refractivity contribution in [1.29, 1.82) is 0 Å². The van der Waals surface area contributed by atoms with Gasteiger partial charge >= 0.3 is 0 Å². The minimum absolute atomic E-state index is 0.0120. The number of methoxy groups -OCH3 is 1. The Morgan fingerprint density at radius 2 is 2.00 bits per heavy atom. The van der Waals surface area contributed by atoms with Crippen LogP contribution < -0.4 is 4.90 Å². The van der Waals surface area contributed by atoms with Gasteiger partial charge in [0.2, 0.25) is 0 Å². The molecule has 1 N–H and O–H groups in total. The first kappa shape index (κ1) is 15.9. The van der Waals surface area contributed by atoms with Crippen molar-refractivity contribution in [3.63, 3.8) is 0 Å². The largest absolute Gasteiger partial charge is 0.391 e. The maximum absolute atomic E-state index is 9.62. The number of hydrogen-bond acceptors (Lipinski definition) is 5. The van der Waals surface area contributed by atoms with Crippen molar-refractivity contribution < 1.29 is 9.84 Å². The van der Waals surface area contributed by atoms with Crippen molar-refractivity contribution in [2.24, 2.45) is 0 Å². The van der Waals surface area contributed by atoms with Gasteiger partial charge < -0.3 is 14.7 Å². The van der Waals surface area contributed by atoms with E-state index < -0.39 is 0 Å². The summed E-state index contributed by atoms with van der Waals surface area (Å²) in [6, 6.07) is 10.3. The van der Waals surface area contributed by atoms with Crippen molar-refractivity contribution >= 4 is 16.5 Å². The Morgan fingerprint density at radius 1 is 1.29 bits per heavy atom. The van der Waals surface area contributed by atoms with Gasteiger partial charge in [0, 0.05) is 25.3 Å². The monoisotopic (exact) mass is 306 g/mol. The number of hydrogen-bond donors (Lipinski definition) is 1. The lowest BCUT2D eigenvalue weighted by molar-refractivity contribution is 0.204. The van der Waals surface area contributed by atoms with Crippen LogP contribution >= 0.6 is 11.3 Å². The lowest BCUT2D eigenvalue weighted by Gasteiger charge is -2.25. The molecule has 2 rings (SSSR count). The van der Waals surface area contributed by atoms with E-state index in [2.05, 4.69) is 18.7 Å². The summed E-state index contributed by atoms with van der Waals surface area (Å²) in [4.78, 5) is 7.86. The Morgan fingerprint density at radius 3 is 2.57 bits per heavy atom. The number of aliphatic hydroxyl groups is 1. The van der Waals surface area contributed by atoms with Crippen LogP contribution in [-0.2, 0) is 11.3 Å². The quantitative estimate of drug-likeness (QED) is 0.853. The minimum Gasteiger partial charge on any atom is -0.391 e. The Kier molecular flexibility index (Phi) is 5.73. The number of benzene rings is 1. The topological polar surface area (TPSA) is 45.6 Å². The Labute approximate surface area is 130 Å². The Bertz CT molecular complexity index is 555. The van der Waals surface area contributed by atoms with E-state index in [0.717, 1.165) is 27.8 Å². The Hall–Kier alpha value is -1.43. The predicted molar refractivity (Wildman–Crippen MR) is 87.8 cm³/mol. The number of anilines is 1. The first-order valence-electron chi connectivity index (χ1n) is 7.09. The molecule has 0 saturated heterocycles. The maximum atomic E-state index is 9.62. The number of aliphatic hydroxyl groups excluding tert-OH is 1. The highest BCUT2D eigenvalue weighted by Crippen LogP contribution is 2.33. The number of thiazole rings is 1. The molecule has 0 bridgehead atoms. The smallest absolute Gasteiger partial charge is 0.186 e. The summed E-state index contributed by atoms with van der Waals surface area (Å²) in [7, 11) is 1.70. The summed E-state index contributed by atoms with van der Waals surface area (Å²) in [5.41, 5.74) is 1.92. The molecule has 5 heteroatoms. The van der Waals surface area contributed by atoms with Crippen molar-refractivity contribution in [2.75, 3.05) is 25.2 Å². The first-order chi connectivity index (χ1) is 10.2. The third kappa shape index (κ3) is 3.81. The summed E-state index contributed by atoms with van der Waals surface area (Å²) >= 11 is 1.55. The molecule has 21 heavy (non-hydrogen) atoms. The van der Waals surface area contributed by atoms with Crippen LogP contribution in [0.15, 0.2) is 30.3 Å². The molecular formula is C16H22N2O2S. The summed E-state index contributed by atoms with van der Waals surface area (Å²) in [5, 5.41) is 10.6. The van der Waals surface area contributed by atoms with E-state index in [9.17, 15) is 5.11 Å². The lowest BCUT2D eigenvalue weighted by atomic mass is 10.1. The SMILES string of the molecule is COCCN(c1nc(-c2ccccc2)c(CO)s1)C(C)C. The second kappa shape index (κ2) is 7.54. The minimum atomic E-state index is 0.0120. The van der Waals surface area contributed by atoms with Crippen LogP contribution in [0.25, 0.3) is 11.3 Å². The van der Waals surface area contributed by atoms with Gasteiger partial charge in [0.15, 0.2) is 5.13 Å². The number of aromatic nitrogens is 1. The summed E-state index contributed by atoms with van der Waals surface area (Å²) < 4.78 is 5.18. The highest BCUT2D eigenvalue weighted by atomic mass is 32.1. The zero-order valence-electron chi connectivity index (χ0n) is 12.7. The van der Waals surface area contributed by atoms with Crippen LogP contribution in [0.2, 0.25) is 0 Å². The summed E-state index contributed by atoms with van der Waals surface area (Å²) in [6.07, 6.45) is 0. The van der Waals surface area contributed by atoms with Crippen LogP contribution in [0.4, 0.5) is 5.13 Å². The van der Waals surface area contributed by atoms with Gasteiger partial charge in [-0.05, 0) is 13.8 Å². The van der Waals surface area contributed by atoms with E-state index in [0.29, 0.717) is 12.6 Å². The highest BCUT2D eigenvalue weighted by Gasteiger charge is 2.18. The predicted octanol–water partition coefficient (Wildman–Crippen LogP) is 3.16. The third-order valence-corrected chi connectivity index (χ3v) is 4.36. The molecule has 114 valence electrons. The molecule has 0 spiro atoms. The second-order valence-electron chi connectivity index (χ2n) is 5.07. The Balaban J connectivity index is 2.35. The van der Waals surface area contributed by atoms with Crippen molar-refractivity contribution in [3.05, 3.63) is 35.2 Å². The first-order valence-corrected chi connectivity index (χ1v) is 7.90. The van der Waals surface area contributed by atoms with Crippen molar-refractivity contribution in [3.8, 4) is 11.3 Å². The van der Waals surface area contributed by atoms with Gasteiger partial charge in [0.05, 0.1) is 23.8 Å². The van der Waals surface area contributed by atoms with E-state index >= 15 is 0 Å². The molecule has 0 aliphatic rings. The van der Waals surface area contributed by atoms with Gasteiger partial charge in [-0.3, -0.25) is 0 Å². The second-order valence-corrected chi connectivity index (χ2v) is 6.13. The molecule has 0 aliphatic carbocycles. The highest BCUT2D eigenvalue weighted by molar-refractivity contribution is 7.16. The molecule has 0 amide bonds. The third-order valence-electron chi connectivity index (χ3n) is 3.28. The van der Waals surface area contributed by atoms with Gasteiger partial charge in [0.1, 0.15) is 0 Å². The maximum Gasteiger partial charge on any atom is 0.186 e. The molecule has 1 heterocycles. The van der Waals surface area contributed by atoms with Crippen LogP contribution in [0.5, 0.6) is 0 Å². The molecule has 0 saturated carbocycles. The lowest BCUT2D eigenvalue weighted by Crippen LogP contribution is -2.33. The van der Waals surface area contributed by atoms with E-state index in [4.69, 9.17) is 9.72 Å². The number of nitrogens with zero attached hydrogens (tertiary/aromatic N) is 2. The molecule has 0 unspecified atom stereocenters. The fraction of sp³-hybridized carbons (Fsp3) is 0.438. The zero-order valence-corrected chi connectivity index (χ0v) is 13.6. The van der Waals surface area contributed by atoms with Gasteiger partial charge in [-0.15, -0.1) is 0 Å². The molecule has 1 aromatic heterocycles. The van der Waals surface area contributed by atoms with Gasteiger partial charge in [-0.2, -0.15) is 0 Å². The van der Waals surface area contributed by atoms with Crippen molar-refractivity contribution in [2.45, 2.75) is 26.5 Å². The standard InChI is InChI=1S/C16H22N2O2S/c1-12(2)18(9-10-20-3)16-17-15(14(11-19)21-16)13-7-5-4-6-8-13/h4-8,12,19H,9-11H2,1-3H3. The number of ether oxygens (including phenoxy) is 1. The molecule has 0 atom stereocenters. The normalized spacial score (nSPS) is 11.1. The fourth-order valence-corrected chi connectivity index (χ4v) is 3.26. The van der Waals surface area contributed by atoms with Crippen LogP contribution in [-0.4, -0.2) is 36.4 Å². The summed E-state index contributed by atoms with van der Waals surface area (Å²) in [5.74, 6) is 0.